The second kappa shape index (κ2) is 6.08. The van der Waals surface area contributed by atoms with Gasteiger partial charge in [0.05, 0.1) is 10.4 Å². The fourth-order valence-corrected chi connectivity index (χ4v) is 2.42. The maximum Gasteiger partial charge on any atom is 0.173 e. The van der Waals surface area contributed by atoms with Gasteiger partial charge in [-0.25, -0.2) is 9.97 Å². The highest BCUT2D eigenvalue weighted by Crippen LogP contribution is 2.21. The third-order valence-electron chi connectivity index (χ3n) is 2.73. The predicted octanol–water partition coefficient (Wildman–Crippen LogP) is 1.43. The van der Waals surface area contributed by atoms with Gasteiger partial charge in [-0.1, -0.05) is 0 Å². The van der Waals surface area contributed by atoms with Gasteiger partial charge in [0.1, 0.15) is 5.82 Å². The van der Waals surface area contributed by atoms with Gasteiger partial charge in [0, 0.05) is 38.6 Å². The van der Waals surface area contributed by atoms with Crippen molar-refractivity contribution < 1.29 is 0 Å². The molecule has 3 rings (SSSR count). The van der Waals surface area contributed by atoms with Crippen LogP contribution in [0.15, 0.2) is 24.0 Å². The third-order valence-corrected chi connectivity index (χ3v) is 3.50. The summed E-state index contributed by atoms with van der Waals surface area (Å²) in [7, 11) is 0. The molecule has 0 atom stereocenters. The molecule has 0 aromatic carbocycles. The lowest BCUT2D eigenvalue weighted by molar-refractivity contribution is 0.585. The van der Waals surface area contributed by atoms with E-state index in [2.05, 4.69) is 25.2 Å². The van der Waals surface area contributed by atoms with Crippen LogP contribution in [-0.2, 0) is 0 Å². The van der Waals surface area contributed by atoms with E-state index in [4.69, 9.17) is 0 Å². The molecule has 0 aliphatic carbocycles. The average Bonchev–Trinajstić information content (AvgIpc) is 2.94. The smallest absolute Gasteiger partial charge is 0.173 e. The molecular weight excluding hydrogens is 270 g/mol. The predicted molar refractivity (Wildman–Crippen MR) is 75.5 cm³/mol. The Labute approximate surface area is 116 Å². The molecule has 1 aliphatic heterocycles. The summed E-state index contributed by atoms with van der Waals surface area (Å²) in [5, 5.41) is 3.33. The van der Waals surface area contributed by atoms with Gasteiger partial charge in [0.15, 0.2) is 5.82 Å². The highest BCUT2D eigenvalue weighted by molar-refractivity contribution is 7.13. The zero-order valence-corrected chi connectivity index (χ0v) is 11.4. The summed E-state index contributed by atoms with van der Waals surface area (Å²) >= 11 is 1.56. The van der Waals surface area contributed by atoms with E-state index in [1.807, 2.05) is 18.5 Å². The lowest BCUT2D eigenvalue weighted by Crippen LogP contribution is -2.43. The second-order valence-corrected chi connectivity index (χ2v) is 4.73. The van der Waals surface area contributed by atoms with Crippen LogP contribution in [0.25, 0.3) is 10.7 Å². The molecule has 0 saturated carbocycles. The minimum Gasteiger partial charge on any atom is -0.354 e. The number of aromatic nitrogens is 3. The molecule has 18 heavy (non-hydrogen) atoms. The average molecular weight is 284 g/mol. The lowest BCUT2D eigenvalue weighted by atomic mass is 10.3. The van der Waals surface area contributed by atoms with Crippen molar-refractivity contribution in [1.82, 2.24) is 20.3 Å². The Kier molecular flexibility index (Phi) is 4.46. The molecular formula is C11H14ClN5S. The van der Waals surface area contributed by atoms with Crippen LogP contribution in [0.1, 0.15) is 0 Å². The monoisotopic (exact) mass is 283 g/mol. The Balaban J connectivity index is 0.00000120. The van der Waals surface area contributed by atoms with Crippen LogP contribution < -0.4 is 10.2 Å². The first kappa shape index (κ1) is 13.2. The van der Waals surface area contributed by atoms with Crippen molar-refractivity contribution in [3.63, 3.8) is 0 Å². The van der Waals surface area contributed by atoms with Crippen molar-refractivity contribution in [2.24, 2.45) is 0 Å². The fraction of sp³-hybridized carbons (Fsp3) is 0.364. The summed E-state index contributed by atoms with van der Waals surface area (Å²) in [5.74, 6) is 1.77. The highest BCUT2D eigenvalue weighted by atomic mass is 35.5. The summed E-state index contributed by atoms with van der Waals surface area (Å²) in [6.07, 6.45) is 3.63. The van der Waals surface area contributed by atoms with E-state index in [-0.39, 0.29) is 12.4 Å². The van der Waals surface area contributed by atoms with E-state index in [1.165, 1.54) is 0 Å². The Hall–Kier alpha value is -1.24. The SMILES string of the molecule is Cl.c1cc(N2CCNCC2)nc(-c2cncs2)n1. The molecule has 3 heterocycles. The number of rotatable bonds is 2. The summed E-state index contributed by atoms with van der Waals surface area (Å²) in [4.78, 5) is 16.2. The van der Waals surface area contributed by atoms with Crippen molar-refractivity contribution in [2.75, 3.05) is 31.1 Å². The van der Waals surface area contributed by atoms with E-state index in [0.29, 0.717) is 0 Å². The van der Waals surface area contributed by atoms with E-state index >= 15 is 0 Å². The number of hydrogen-bond acceptors (Lipinski definition) is 6. The molecule has 0 bridgehead atoms. The van der Waals surface area contributed by atoms with Gasteiger partial charge in [0.2, 0.25) is 0 Å². The quantitative estimate of drug-likeness (QED) is 0.904. The van der Waals surface area contributed by atoms with Gasteiger partial charge in [-0.15, -0.1) is 23.7 Å². The fourth-order valence-electron chi connectivity index (χ4n) is 1.86. The molecule has 0 radical (unpaired) electrons. The van der Waals surface area contributed by atoms with Gasteiger partial charge in [0.25, 0.3) is 0 Å². The Morgan fingerprint density at radius 1 is 1.28 bits per heavy atom. The van der Waals surface area contributed by atoms with E-state index < -0.39 is 0 Å². The third kappa shape index (κ3) is 2.77. The molecule has 2 aromatic heterocycles. The molecule has 5 nitrogen and oxygen atoms in total. The van der Waals surface area contributed by atoms with Crippen LogP contribution in [0.3, 0.4) is 0 Å². The maximum absolute atomic E-state index is 4.60. The first-order valence-corrected chi connectivity index (χ1v) is 6.49. The van der Waals surface area contributed by atoms with Gasteiger partial charge in [-0.3, -0.25) is 4.98 Å². The van der Waals surface area contributed by atoms with E-state index in [1.54, 1.807) is 16.8 Å². The summed E-state index contributed by atoms with van der Waals surface area (Å²) < 4.78 is 0. The molecule has 7 heteroatoms. The maximum atomic E-state index is 4.60. The number of hydrogen-bond donors (Lipinski definition) is 1. The standard InChI is InChI=1S/C11H13N5S.ClH/c1-2-14-11(9-7-13-8-17-9)15-10(1)16-5-3-12-4-6-16;/h1-2,7-8,12H,3-6H2;1H. The Morgan fingerprint density at radius 2 is 2.11 bits per heavy atom. The summed E-state index contributed by atoms with van der Waals surface area (Å²) in [6.45, 7) is 4.03. The van der Waals surface area contributed by atoms with Crippen LogP contribution in [-0.4, -0.2) is 41.1 Å². The van der Waals surface area contributed by atoms with Crippen molar-refractivity contribution >= 4 is 29.6 Å². The van der Waals surface area contributed by atoms with Crippen LogP contribution in [0, 0.1) is 0 Å². The molecule has 0 unspecified atom stereocenters. The largest absolute Gasteiger partial charge is 0.354 e. The Morgan fingerprint density at radius 3 is 2.83 bits per heavy atom. The Bertz CT molecular complexity index is 484. The molecule has 2 aromatic rings. The summed E-state index contributed by atoms with van der Waals surface area (Å²) in [6, 6.07) is 1.97. The topological polar surface area (TPSA) is 53.9 Å². The number of thiazole rings is 1. The van der Waals surface area contributed by atoms with E-state index in [9.17, 15) is 0 Å². The minimum atomic E-state index is 0. The van der Waals surface area contributed by atoms with Crippen LogP contribution in [0.5, 0.6) is 0 Å². The van der Waals surface area contributed by atoms with Crippen molar-refractivity contribution in [3.8, 4) is 10.7 Å². The summed E-state index contributed by atoms with van der Waals surface area (Å²) in [5.41, 5.74) is 1.80. The normalized spacial score (nSPS) is 15.2. The number of halogens is 1. The molecule has 1 N–H and O–H groups in total. The van der Waals surface area contributed by atoms with Crippen LogP contribution in [0.4, 0.5) is 5.82 Å². The number of piperazine rings is 1. The highest BCUT2D eigenvalue weighted by Gasteiger charge is 2.13. The number of nitrogens with zero attached hydrogens (tertiary/aromatic N) is 4. The molecule has 0 amide bonds. The van der Waals surface area contributed by atoms with Crippen LogP contribution in [0.2, 0.25) is 0 Å². The number of anilines is 1. The lowest BCUT2D eigenvalue weighted by Gasteiger charge is -2.28. The van der Waals surface area contributed by atoms with Crippen molar-refractivity contribution in [2.45, 2.75) is 0 Å². The second-order valence-electron chi connectivity index (χ2n) is 3.84. The molecule has 96 valence electrons. The first-order valence-electron chi connectivity index (χ1n) is 5.61. The van der Waals surface area contributed by atoms with Gasteiger partial charge < -0.3 is 10.2 Å². The molecule has 1 aliphatic rings. The molecule has 1 fully saturated rings. The van der Waals surface area contributed by atoms with Crippen molar-refractivity contribution in [3.05, 3.63) is 24.0 Å². The van der Waals surface area contributed by atoms with Gasteiger partial charge >= 0.3 is 0 Å². The van der Waals surface area contributed by atoms with Crippen LogP contribution >= 0.6 is 23.7 Å². The van der Waals surface area contributed by atoms with E-state index in [0.717, 1.165) is 42.7 Å². The number of nitrogens with one attached hydrogen (secondary N) is 1. The zero-order chi connectivity index (χ0) is 11.5. The van der Waals surface area contributed by atoms with Gasteiger partial charge in [-0.2, -0.15) is 0 Å². The molecule has 1 saturated heterocycles. The van der Waals surface area contributed by atoms with Crippen molar-refractivity contribution in [1.29, 1.82) is 0 Å². The van der Waals surface area contributed by atoms with Gasteiger partial charge in [-0.05, 0) is 6.07 Å². The zero-order valence-electron chi connectivity index (χ0n) is 9.74. The first-order chi connectivity index (χ1) is 8.43. The minimum absolute atomic E-state index is 0. The molecule has 0 spiro atoms.